The zero-order valence-corrected chi connectivity index (χ0v) is 13.1. The van der Waals surface area contributed by atoms with E-state index in [0.29, 0.717) is 19.6 Å². The number of aliphatic hydroxyl groups is 1. The van der Waals surface area contributed by atoms with Crippen molar-refractivity contribution in [1.82, 2.24) is 15.5 Å². The molecule has 1 fully saturated rings. The van der Waals surface area contributed by atoms with Crippen LogP contribution in [0.25, 0.3) is 6.08 Å². The molecule has 0 saturated carbocycles. The number of aliphatic hydroxyl groups excluding tert-OH is 1. The quantitative estimate of drug-likeness (QED) is 0.661. The molecule has 1 saturated heterocycles. The van der Waals surface area contributed by atoms with Gasteiger partial charge in [-0.05, 0) is 5.56 Å². The molecule has 1 aliphatic rings. The van der Waals surface area contributed by atoms with E-state index in [1.54, 1.807) is 0 Å². The lowest BCUT2D eigenvalue weighted by atomic mass is 10.1. The van der Waals surface area contributed by atoms with Crippen LogP contribution in [0.3, 0.4) is 0 Å². The van der Waals surface area contributed by atoms with Crippen LogP contribution in [0.4, 0.5) is 0 Å². The minimum absolute atomic E-state index is 0.102. The fraction of sp³-hybridized carbons (Fsp3) is 0.412. The zero-order chi connectivity index (χ0) is 16.5. The van der Waals surface area contributed by atoms with Gasteiger partial charge in [-0.2, -0.15) is 0 Å². The number of carbonyl (C=O) groups is 2. The molecule has 0 bridgehead atoms. The lowest BCUT2D eigenvalue weighted by molar-refractivity contribution is -0.133. The monoisotopic (exact) mass is 317 g/mol. The highest BCUT2D eigenvalue weighted by atomic mass is 16.3. The van der Waals surface area contributed by atoms with E-state index < -0.39 is 6.04 Å². The number of rotatable bonds is 7. The van der Waals surface area contributed by atoms with Gasteiger partial charge in [-0.25, -0.2) is 0 Å². The maximum atomic E-state index is 12.0. The van der Waals surface area contributed by atoms with E-state index in [0.717, 1.165) is 5.56 Å². The van der Waals surface area contributed by atoms with Crippen LogP contribution in [0.15, 0.2) is 36.4 Å². The number of piperazine rings is 1. The fourth-order valence-electron chi connectivity index (χ4n) is 2.53. The molecule has 6 nitrogen and oxygen atoms in total. The van der Waals surface area contributed by atoms with Crippen LogP contribution >= 0.6 is 0 Å². The van der Waals surface area contributed by atoms with E-state index in [2.05, 4.69) is 10.6 Å². The van der Waals surface area contributed by atoms with Crippen LogP contribution in [0.2, 0.25) is 0 Å². The molecule has 1 atom stereocenters. The fourth-order valence-corrected chi connectivity index (χ4v) is 2.53. The summed E-state index contributed by atoms with van der Waals surface area (Å²) in [5, 5.41) is 14.1. The molecule has 3 N–H and O–H groups in total. The third kappa shape index (κ3) is 5.50. The molecule has 2 rings (SSSR count). The van der Waals surface area contributed by atoms with Crippen LogP contribution in [-0.2, 0) is 9.59 Å². The van der Waals surface area contributed by atoms with Crippen molar-refractivity contribution in [3.05, 3.63) is 42.0 Å². The van der Waals surface area contributed by atoms with Gasteiger partial charge in [0.05, 0.1) is 19.1 Å². The van der Waals surface area contributed by atoms with Gasteiger partial charge in [0.25, 0.3) is 0 Å². The molecule has 6 heteroatoms. The summed E-state index contributed by atoms with van der Waals surface area (Å²) in [5.41, 5.74) is 1.10. The Balaban J connectivity index is 1.92. The van der Waals surface area contributed by atoms with Crippen molar-refractivity contribution in [1.29, 1.82) is 0 Å². The van der Waals surface area contributed by atoms with Gasteiger partial charge in [0.1, 0.15) is 0 Å². The third-order valence-electron chi connectivity index (χ3n) is 3.70. The third-order valence-corrected chi connectivity index (χ3v) is 3.70. The van der Waals surface area contributed by atoms with E-state index in [1.165, 1.54) is 0 Å². The Morgan fingerprint density at radius 2 is 2.17 bits per heavy atom. The molecule has 0 unspecified atom stereocenters. The Kier molecular flexibility index (Phi) is 6.77. The summed E-state index contributed by atoms with van der Waals surface area (Å²) in [5.74, 6) is -0.346. The van der Waals surface area contributed by atoms with E-state index in [1.807, 2.05) is 47.4 Å². The van der Waals surface area contributed by atoms with Crippen molar-refractivity contribution in [2.24, 2.45) is 0 Å². The van der Waals surface area contributed by atoms with E-state index >= 15 is 0 Å². The van der Waals surface area contributed by atoms with Gasteiger partial charge in [-0.1, -0.05) is 42.5 Å². The summed E-state index contributed by atoms with van der Waals surface area (Å²) in [4.78, 5) is 25.8. The molecule has 0 aromatic heterocycles. The van der Waals surface area contributed by atoms with Crippen LogP contribution < -0.4 is 10.6 Å². The summed E-state index contributed by atoms with van der Waals surface area (Å²) < 4.78 is 0. The topological polar surface area (TPSA) is 81.7 Å². The number of hydrogen-bond donors (Lipinski definition) is 3. The Hall–Kier alpha value is -2.18. The molecule has 1 aromatic rings. The largest absolute Gasteiger partial charge is 0.395 e. The number of carbonyl (C=O) groups excluding carboxylic acids is 2. The molecular weight excluding hydrogens is 294 g/mol. The van der Waals surface area contributed by atoms with Gasteiger partial charge >= 0.3 is 0 Å². The van der Waals surface area contributed by atoms with Crippen LogP contribution in [-0.4, -0.2) is 60.6 Å². The van der Waals surface area contributed by atoms with Crippen molar-refractivity contribution in [2.75, 3.05) is 32.8 Å². The predicted octanol–water partition coefficient (Wildman–Crippen LogP) is -0.00120. The van der Waals surface area contributed by atoms with E-state index in [4.69, 9.17) is 5.11 Å². The summed E-state index contributed by atoms with van der Waals surface area (Å²) in [7, 11) is 0. The number of nitrogens with zero attached hydrogens (tertiary/aromatic N) is 1. The van der Waals surface area contributed by atoms with Crippen LogP contribution in [0.5, 0.6) is 0 Å². The highest BCUT2D eigenvalue weighted by Gasteiger charge is 2.30. The Labute approximate surface area is 136 Å². The molecule has 0 spiro atoms. The van der Waals surface area contributed by atoms with Crippen molar-refractivity contribution in [3.63, 3.8) is 0 Å². The molecule has 1 heterocycles. The first-order valence-electron chi connectivity index (χ1n) is 7.81. The standard InChI is InChI=1S/C17H23N3O3/c21-12-9-18-16(22)13-15-17(23)19-8-11-20(15)10-4-7-14-5-2-1-3-6-14/h1-7,15,21H,8-13H2,(H,18,22)(H,19,23)/b7-4+/t15-/m0/s1. The first kappa shape index (κ1) is 17.2. The minimum Gasteiger partial charge on any atom is -0.395 e. The summed E-state index contributed by atoms with van der Waals surface area (Å²) in [6.07, 6.45) is 4.12. The van der Waals surface area contributed by atoms with Crippen molar-refractivity contribution >= 4 is 17.9 Å². The average Bonchev–Trinajstić information content (AvgIpc) is 2.57. The summed E-state index contributed by atoms with van der Waals surface area (Å²) in [6.45, 7) is 2.02. The van der Waals surface area contributed by atoms with Crippen LogP contribution in [0.1, 0.15) is 12.0 Å². The number of benzene rings is 1. The maximum Gasteiger partial charge on any atom is 0.237 e. The van der Waals surface area contributed by atoms with Crippen molar-refractivity contribution in [3.8, 4) is 0 Å². The van der Waals surface area contributed by atoms with Crippen molar-refractivity contribution in [2.45, 2.75) is 12.5 Å². The number of nitrogens with one attached hydrogen (secondary N) is 2. The number of hydrogen-bond acceptors (Lipinski definition) is 4. The van der Waals surface area contributed by atoms with Gasteiger partial charge < -0.3 is 15.7 Å². The highest BCUT2D eigenvalue weighted by Crippen LogP contribution is 2.10. The van der Waals surface area contributed by atoms with Crippen LogP contribution in [0, 0.1) is 0 Å². The average molecular weight is 317 g/mol. The number of amides is 2. The maximum absolute atomic E-state index is 12.0. The Morgan fingerprint density at radius 3 is 2.91 bits per heavy atom. The molecule has 124 valence electrons. The predicted molar refractivity (Wildman–Crippen MR) is 88.6 cm³/mol. The smallest absolute Gasteiger partial charge is 0.237 e. The van der Waals surface area contributed by atoms with Gasteiger partial charge in [-0.3, -0.25) is 14.5 Å². The first-order valence-corrected chi connectivity index (χ1v) is 7.81. The minimum atomic E-state index is -0.470. The normalized spacial score (nSPS) is 18.8. The molecule has 1 aliphatic heterocycles. The van der Waals surface area contributed by atoms with Gasteiger partial charge in [-0.15, -0.1) is 0 Å². The first-order chi connectivity index (χ1) is 11.2. The second kappa shape index (κ2) is 9.07. The zero-order valence-electron chi connectivity index (χ0n) is 13.1. The molecular formula is C17H23N3O3. The van der Waals surface area contributed by atoms with Gasteiger partial charge in [0, 0.05) is 26.2 Å². The molecule has 2 amide bonds. The molecule has 0 radical (unpaired) electrons. The lowest BCUT2D eigenvalue weighted by Gasteiger charge is -2.33. The molecule has 23 heavy (non-hydrogen) atoms. The molecule has 1 aromatic carbocycles. The summed E-state index contributed by atoms with van der Waals surface area (Å²) >= 11 is 0. The van der Waals surface area contributed by atoms with Gasteiger partial charge in [0.2, 0.25) is 11.8 Å². The Bertz CT molecular complexity index is 545. The van der Waals surface area contributed by atoms with Gasteiger partial charge in [0.15, 0.2) is 0 Å². The second-order valence-electron chi connectivity index (χ2n) is 5.39. The SMILES string of the molecule is O=C(C[C@H]1C(=O)NCCN1C/C=C/c1ccccc1)NCCO. The van der Waals surface area contributed by atoms with E-state index in [9.17, 15) is 9.59 Å². The highest BCUT2D eigenvalue weighted by molar-refractivity contribution is 5.88. The second-order valence-corrected chi connectivity index (χ2v) is 5.39. The summed E-state index contributed by atoms with van der Waals surface area (Å²) in [6, 6.07) is 9.47. The van der Waals surface area contributed by atoms with Crippen molar-refractivity contribution < 1.29 is 14.7 Å². The van der Waals surface area contributed by atoms with E-state index in [-0.39, 0.29) is 31.4 Å². The molecule has 0 aliphatic carbocycles. The lowest BCUT2D eigenvalue weighted by Crippen LogP contribution is -2.56. The Morgan fingerprint density at radius 1 is 1.39 bits per heavy atom.